The van der Waals surface area contributed by atoms with Crippen LogP contribution < -0.4 is 9.80 Å². The number of rotatable bonds is 9. The highest BCUT2D eigenvalue weighted by atomic mass is 28.3. The second-order valence-electron chi connectivity index (χ2n) is 10.2. The Hall–Kier alpha value is -3.05. The first-order valence-electron chi connectivity index (χ1n) is 11.6. The SMILES string of the molecule is Cc1cc(N(C)C2CCN(c3ncnc4c3ccn4COCC[Si](C)(C)C)C2)ncc1[N+](=O)[O-]. The van der Waals surface area contributed by atoms with E-state index in [0.29, 0.717) is 12.3 Å². The van der Waals surface area contributed by atoms with Crippen LogP contribution in [0.25, 0.3) is 11.0 Å². The predicted molar refractivity (Wildman–Crippen MR) is 136 cm³/mol. The molecule has 1 aliphatic rings. The minimum atomic E-state index is -1.12. The van der Waals surface area contributed by atoms with Crippen LogP contribution in [0.1, 0.15) is 12.0 Å². The van der Waals surface area contributed by atoms with Crippen molar-refractivity contribution in [2.75, 3.05) is 36.5 Å². The Labute approximate surface area is 200 Å². The molecule has 4 rings (SSSR count). The molecule has 3 aromatic rings. The molecule has 0 N–H and O–H groups in total. The summed E-state index contributed by atoms with van der Waals surface area (Å²) in [6, 6.07) is 5.21. The van der Waals surface area contributed by atoms with E-state index in [0.717, 1.165) is 54.8 Å². The summed E-state index contributed by atoms with van der Waals surface area (Å²) in [5.74, 6) is 1.67. The highest BCUT2D eigenvalue weighted by Crippen LogP contribution is 2.30. The van der Waals surface area contributed by atoms with Crippen LogP contribution in [0.2, 0.25) is 25.7 Å². The van der Waals surface area contributed by atoms with Gasteiger partial charge in [0.25, 0.3) is 5.69 Å². The maximum atomic E-state index is 11.1. The summed E-state index contributed by atoms with van der Waals surface area (Å²) in [6.45, 7) is 11.7. The quantitative estimate of drug-likeness (QED) is 0.194. The predicted octanol–water partition coefficient (Wildman–Crippen LogP) is 4.07. The van der Waals surface area contributed by atoms with E-state index in [-0.39, 0.29) is 11.7 Å². The first-order valence-corrected chi connectivity index (χ1v) is 15.3. The van der Waals surface area contributed by atoms with E-state index in [1.807, 2.05) is 17.8 Å². The molecule has 34 heavy (non-hydrogen) atoms. The normalized spacial score (nSPS) is 16.4. The van der Waals surface area contributed by atoms with Gasteiger partial charge in [0.2, 0.25) is 0 Å². The van der Waals surface area contributed by atoms with Crippen LogP contribution in [0.4, 0.5) is 17.3 Å². The molecule has 3 aromatic heterocycles. The summed E-state index contributed by atoms with van der Waals surface area (Å²) in [5.41, 5.74) is 1.53. The third-order valence-corrected chi connectivity index (χ3v) is 8.10. The fourth-order valence-corrected chi connectivity index (χ4v) is 5.00. The second-order valence-corrected chi connectivity index (χ2v) is 15.8. The smallest absolute Gasteiger partial charge is 0.290 e. The summed E-state index contributed by atoms with van der Waals surface area (Å²) in [7, 11) is 0.875. The van der Waals surface area contributed by atoms with Crippen molar-refractivity contribution < 1.29 is 9.66 Å². The van der Waals surface area contributed by atoms with Crippen molar-refractivity contribution in [3.05, 3.63) is 46.5 Å². The number of aromatic nitrogens is 4. The van der Waals surface area contributed by atoms with Gasteiger partial charge in [-0.05, 0) is 31.5 Å². The van der Waals surface area contributed by atoms with E-state index in [4.69, 9.17) is 4.74 Å². The van der Waals surface area contributed by atoms with Crippen LogP contribution in [0.5, 0.6) is 0 Å². The Morgan fingerprint density at radius 2 is 2.09 bits per heavy atom. The lowest BCUT2D eigenvalue weighted by Crippen LogP contribution is -2.35. The van der Waals surface area contributed by atoms with Gasteiger partial charge in [0.1, 0.15) is 36.5 Å². The molecule has 0 saturated carbocycles. The molecule has 0 bridgehead atoms. The number of anilines is 2. The lowest BCUT2D eigenvalue weighted by Gasteiger charge is -2.26. The molecular weight excluding hydrogens is 450 g/mol. The molecule has 10 nitrogen and oxygen atoms in total. The molecule has 1 saturated heterocycles. The van der Waals surface area contributed by atoms with E-state index >= 15 is 0 Å². The number of likely N-dealkylation sites (N-methyl/N-ethyl adjacent to an activating group) is 1. The van der Waals surface area contributed by atoms with E-state index in [1.54, 1.807) is 19.3 Å². The zero-order valence-electron chi connectivity index (χ0n) is 20.6. The first-order chi connectivity index (χ1) is 16.1. The van der Waals surface area contributed by atoms with Crippen LogP contribution in [0.15, 0.2) is 30.9 Å². The molecular formula is C23H33N7O3Si. The van der Waals surface area contributed by atoms with Crippen LogP contribution >= 0.6 is 0 Å². The van der Waals surface area contributed by atoms with E-state index in [9.17, 15) is 10.1 Å². The molecule has 0 amide bonds. The summed E-state index contributed by atoms with van der Waals surface area (Å²) in [4.78, 5) is 28.5. The molecule has 1 aliphatic heterocycles. The summed E-state index contributed by atoms with van der Waals surface area (Å²) in [6.07, 6.45) is 5.92. The number of hydrogen-bond donors (Lipinski definition) is 0. The third kappa shape index (κ3) is 5.20. The zero-order chi connectivity index (χ0) is 24.5. The summed E-state index contributed by atoms with van der Waals surface area (Å²) >= 11 is 0. The molecule has 1 unspecified atom stereocenters. The summed E-state index contributed by atoms with van der Waals surface area (Å²) in [5, 5.41) is 12.1. The molecule has 1 atom stereocenters. The maximum Gasteiger partial charge on any atom is 0.290 e. The average molecular weight is 484 g/mol. The van der Waals surface area contributed by atoms with Gasteiger partial charge in [0, 0.05) is 52.6 Å². The Morgan fingerprint density at radius 3 is 2.79 bits per heavy atom. The van der Waals surface area contributed by atoms with Crippen LogP contribution in [-0.4, -0.2) is 65.3 Å². The van der Waals surface area contributed by atoms with Gasteiger partial charge < -0.3 is 19.1 Å². The number of pyridine rings is 1. The number of nitrogens with zero attached hydrogens (tertiary/aromatic N) is 7. The Bertz CT molecular complexity index is 1180. The van der Waals surface area contributed by atoms with Crippen molar-refractivity contribution in [2.24, 2.45) is 0 Å². The number of nitro groups is 1. The Morgan fingerprint density at radius 1 is 1.29 bits per heavy atom. The molecule has 0 aliphatic carbocycles. The molecule has 4 heterocycles. The van der Waals surface area contributed by atoms with Gasteiger partial charge in [-0.3, -0.25) is 10.1 Å². The average Bonchev–Trinajstić information content (AvgIpc) is 3.43. The van der Waals surface area contributed by atoms with E-state index < -0.39 is 13.0 Å². The highest BCUT2D eigenvalue weighted by Gasteiger charge is 2.29. The van der Waals surface area contributed by atoms with Gasteiger partial charge in [-0.1, -0.05) is 19.6 Å². The van der Waals surface area contributed by atoms with Crippen molar-refractivity contribution in [1.29, 1.82) is 0 Å². The van der Waals surface area contributed by atoms with Gasteiger partial charge in [-0.15, -0.1) is 0 Å². The van der Waals surface area contributed by atoms with E-state index in [1.165, 1.54) is 6.20 Å². The van der Waals surface area contributed by atoms with Crippen LogP contribution in [-0.2, 0) is 11.5 Å². The highest BCUT2D eigenvalue weighted by molar-refractivity contribution is 6.76. The fourth-order valence-electron chi connectivity index (χ4n) is 4.24. The third-order valence-electron chi connectivity index (χ3n) is 6.40. The van der Waals surface area contributed by atoms with Gasteiger partial charge in [0.05, 0.1) is 10.3 Å². The van der Waals surface area contributed by atoms with E-state index in [2.05, 4.69) is 50.5 Å². The molecule has 11 heteroatoms. The number of hydrogen-bond acceptors (Lipinski definition) is 8. The maximum absolute atomic E-state index is 11.1. The summed E-state index contributed by atoms with van der Waals surface area (Å²) < 4.78 is 7.96. The van der Waals surface area contributed by atoms with Gasteiger partial charge in [-0.2, -0.15) is 0 Å². The minimum absolute atomic E-state index is 0.0440. The van der Waals surface area contributed by atoms with Gasteiger partial charge in [-0.25, -0.2) is 15.0 Å². The Kier molecular flexibility index (Phi) is 6.85. The molecule has 0 aromatic carbocycles. The molecule has 182 valence electrons. The monoisotopic (exact) mass is 483 g/mol. The lowest BCUT2D eigenvalue weighted by atomic mass is 10.2. The second kappa shape index (κ2) is 9.67. The number of ether oxygens (including phenoxy) is 1. The van der Waals surface area contributed by atoms with Crippen molar-refractivity contribution in [3.8, 4) is 0 Å². The van der Waals surface area contributed by atoms with Crippen molar-refractivity contribution in [3.63, 3.8) is 0 Å². The largest absolute Gasteiger partial charge is 0.361 e. The molecule has 0 spiro atoms. The topological polar surface area (TPSA) is 102 Å². The van der Waals surface area contributed by atoms with Crippen molar-refractivity contribution in [1.82, 2.24) is 19.5 Å². The number of fused-ring (bicyclic) bond motifs is 1. The van der Waals surface area contributed by atoms with Gasteiger partial charge >= 0.3 is 0 Å². The minimum Gasteiger partial charge on any atom is -0.361 e. The molecule has 1 fully saturated rings. The molecule has 0 radical (unpaired) electrons. The van der Waals surface area contributed by atoms with Crippen molar-refractivity contribution in [2.45, 2.75) is 51.8 Å². The van der Waals surface area contributed by atoms with Crippen molar-refractivity contribution >= 4 is 36.4 Å². The Balaban J connectivity index is 1.45. The lowest BCUT2D eigenvalue weighted by molar-refractivity contribution is -0.385. The zero-order valence-corrected chi connectivity index (χ0v) is 21.6. The first kappa shape index (κ1) is 24.1. The van der Waals surface area contributed by atoms with Crippen LogP contribution in [0.3, 0.4) is 0 Å². The van der Waals surface area contributed by atoms with Crippen LogP contribution in [0, 0.1) is 17.0 Å². The standard InChI is InChI=1S/C23H33N7O3Si/c1-17-12-21(24-13-20(17)30(31)32)27(2)18-6-8-28(14-18)22-19-7-9-29(23(19)26-15-25-22)16-33-10-11-34(3,4)5/h7,9,12-13,15,18H,6,8,10-11,14,16H2,1-5H3. The fraction of sp³-hybridized carbons (Fsp3) is 0.522. The number of aryl methyl sites for hydroxylation is 1. The van der Waals surface area contributed by atoms with Gasteiger partial charge in [0.15, 0.2) is 0 Å².